The molecule has 0 saturated heterocycles. The van der Waals surface area contributed by atoms with Gasteiger partial charge >= 0.3 is 0 Å². The van der Waals surface area contributed by atoms with Crippen LogP contribution in [-0.2, 0) is 0 Å². The first-order valence-electron chi connectivity index (χ1n) is 15.0. The molecule has 228 valence electrons. The number of nitrogens with zero attached hydrogens (tertiary/aromatic N) is 6. The van der Waals surface area contributed by atoms with E-state index < -0.39 is 0 Å². The van der Waals surface area contributed by atoms with E-state index in [1.807, 2.05) is 0 Å². The third-order valence-corrected chi connectivity index (χ3v) is 8.25. The fourth-order valence-electron chi connectivity index (χ4n) is 4.60. The zero-order valence-electron chi connectivity index (χ0n) is 27.2. The zero-order chi connectivity index (χ0) is 29.5. The maximum Gasteiger partial charge on any atom is 0.193 e. The summed E-state index contributed by atoms with van der Waals surface area (Å²) in [6.45, 7) is 34.1. The van der Waals surface area contributed by atoms with Crippen LogP contribution in [0, 0.1) is 35.5 Å². The first kappa shape index (κ1) is 37.0. The van der Waals surface area contributed by atoms with Crippen molar-refractivity contribution in [3.8, 4) is 0 Å². The van der Waals surface area contributed by atoms with Crippen LogP contribution in [0.1, 0.15) is 83.1 Å². The molecule has 9 heteroatoms. The first-order valence-corrected chi connectivity index (χ1v) is 18.0. The van der Waals surface area contributed by atoms with Crippen molar-refractivity contribution < 1.29 is 0 Å². The summed E-state index contributed by atoms with van der Waals surface area (Å²) in [4.78, 5) is 22.5. The molecule has 0 aromatic carbocycles. The molecule has 1 aromatic heterocycles. The summed E-state index contributed by atoms with van der Waals surface area (Å²) in [5.41, 5.74) is 0. The van der Waals surface area contributed by atoms with E-state index in [-0.39, 0.29) is 0 Å². The van der Waals surface area contributed by atoms with Gasteiger partial charge < -0.3 is 0 Å². The van der Waals surface area contributed by atoms with Gasteiger partial charge in [-0.1, -0.05) is 118 Å². The normalized spacial score (nSPS) is 12.8. The molecule has 1 aromatic rings. The smallest absolute Gasteiger partial charge is 0.193 e. The van der Waals surface area contributed by atoms with E-state index in [0.29, 0.717) is 35.5 Å². The van der Waals surface area contributed by atoms with Crippen molar-refractivity contribution in [1.29, 1.82) is 0 Å². The summed E-state index contributed by atoms with van der Waals surface area (Å²) in [5, 5.41) is 2.56. The Balaban J connectivity index is 3.11. The summed E-state index contributed by atoms with van der Waals surface area (Å²) < 4.78 is 0. The van der Waals surface area contributed by atoms with E-state index in [4.69, 9.17) is 15.0 Å². The number of hydrogen-bond acceptors (Lipinski definition) is 9. The Morgan fingerprint density at radius 1 is 0.385 bits per heavy atom. The predicted octanol–water partition coefficient (Wildman–Crippen LogP) is 7.86. The Bertz CT molecular complexity index is 631. The Morgan fingerprint density at radius 2 is 0.564 bits per heavy atom. The maximum atomic E-state index is 4.94. The molecular formula is C30H60N6S3. The second-order valence-electron chi connectivity index (χ2n) is 13.5. The molecule has 0 spiro atoms. The average Bonchev–Trinajstić information content (AvgIpc) is 2.77. The van der Waals surface area contributed by atoms with Gasteiger partial charge in [0, 0.05) is 39.3 Å². The van der Waals surface area contributed by atoms with Gasteiger partial charge in [0.05, 0.1) is 17.6 Å². The van der Waals surface area contributed by atoms with Crippen LogP contribution in [0.2, 0.25) is 0 Å². The molecule has 0 aliphatic rings. The van der Waals surface area contributed by atoms with Crippen molar-refractivity contribution in [2.75, 3.05) is 56.9 Å². The molecule has 0 saturated carbocycles. The van der Waals surface area contributed by atoms with Gasteiger partial charge in [0.15, 0.2) is 15.5 Å². The molecule has 0 aliphatic heterocycles. The Kier molecular flexibility index (Phi) is 18.9. The van der Waals surface area contributed by atoms with Gasteiger partial charge in [-0.2, -0.15) is 15.0 Å². The van der Waals surface area contributed by atoms with Crippen molar-refractivity contribution in [1.82, 2.24) is 29.7 Å². The molecule has 0 N–H and O–H groups in total. The Hall–Kier alpha value is -0.0600. The Labute approximate surface area is 255 Å². The van der Waals surface area contributed by atoms with E-state index in [1.54, 1.807) is 35.3 Å². The average molecular weight is 601 g/mol. The first-order chi connectivity index (χ1) is 18.2. The highest BCUT2D eigenvalue weighted by atomic mass is 32.2. The van der Waals surface area contributed by atoms with Crippen LogP contribution < -0.4 is 0 Å². The van der Waals surface area contributed by atoms with E-state index >= 15 is 0 Å². The van der Waals surface area contributed by atoms with Crippen LogP contribution >= 0.6 is 35.3 Å². The molecular weight excluding hydrogens is 541 g/mol. The SMILES string of the molecule is CC(C)CN(CSc1nc(SCN(CC(C)C)CC(C)C)nc(SCN(CC(C)C)CC(C)C)n1)CC(C)C. The highest BCUT2D eigenvalue weighted by Gasteiger charge is 2.17. The molecule has 0 bridgehead atoms. The number of rotatable bonds is 21. The lowest BCUT2D eigenvalue weighted by Crippen LogP contribution is -2.31. The number of thioether (sulfide) groups is 3. The van der Waals surface area contributed by atoms with E-state index in [9.17, 15) is 0 Å². The van der Waals surface area contributed by atoms with Crippen molar-refractivity contribution >= 4 is 35.3 Å². The van der Waals surface area contributed by atoms with Gasteiger partial charge in [0.1, 0.15) is 0 Å². The minimum absolute atomic E-state index is 0.640. The molecule has 1 rings (SSSR count). The van der Waals surface area contributed by atoms with E-state index in [0.717, 1.165) is 72.4 Å². The van der Waals surface area contributed by atoms with Gasteiger partial charge in [0.2, 0.25) is 0 Å². The van der Waals surface area contributed by atoms with Gasteiger partial charge in [-0.25, -0.2) is 0 Å². The minimum atomic E-state index is 0.640. The predicted molar refractivity (Wildman–Crippen MR) is 176 cm³/mol. The van der Waals surface area contributed by atoms with Crippen molar-refractivity contribution in [2.24, 2.45) is 35.5 Å². The standard InChI is InChI=1S/C30H60N6S3/c1-22(2)13-34(14-23(3)4)19-37-28-31-29(38-20-35(15-24(5)6)16-25(7)8)33-30(32-28)39-21-36(17-26(9)10)18-27(11)12/h22-27H,13-21H2,1-12H3. The van der Waals surface area contributed by atoms with Gasteiger partial charge in [-0.05, 0) is 35.5 Å². The third-order valence-electron chi connectivity index (χ3n) is 5.44. The molecule has 0 amide bonds. The quantitative estimate of drug-likeness (QED) is 0.104. The summed E-state index contributed by atoms with van der Waals surface area (Å²) in [6.07, 6.45) is 0. The lowest BCUT2D eigenvalue weighted by Gasteiger charge is -2.26. The molecule has 6 nitrogen and oxygen atoms in total. The van der Waals surface area contributed by atoms with Gasteiger partial charge in [-0.15, -0.1) is 0 Å². The van der Waals surface area contributed by atoms with Crippen LogP contribution in [0.5, 0.6) is 0 Å². The molecule has 1 heterocycles. The molecule has 0 fully saturated rings. The zero-order valence-corrected chi connectivity index (χ0v) is 29.7. The summed E-state index contributed by atoms with van der Waals surface area (Å²) in [5.74, 6) is 6.57. The van der Waals surface area contributed by atoms with Crippen LogP contribution in [0.4, 0.5) is 0 Å². The van der Waals surface area contributed by atoms with Crippen LogP contribution in [-0.4, -0.2) is 86.6 Å². The second kappa shape index (κ2) is 20.0. The maximum absolute atomic E-state index is 4.94. The molecule has 0 aliphatic carbocycles. The molecule has 39 heavy (non-hydrogen) atoms. The van der Waals surface area contributed by atoms with Gasteiger partial charge in [-0.3, -0.25) is 14.7 Å². The summed E-state index contributed by atoms with van der Waals surface area (Å²) in [7, 11) is 0. The highest BCUT2D eigenvalue weighted by molar-refractivity contribution is 8.00. The fourth-order valence-corrected chi connectivity index (χ4v) is 7.21. The van der Waals surface area contributed by atoms with Gasteiger partial charge in [0.25, 0.3) is 0 Å². The largest absolute Gasteiger partial charge is 0.293 e. The minimum Gasteiger partial charge on any atom is -0.293 e. The van der Waals surface area contributed by atoms with Crippen LogP contribution in [0.3, 0.4) is 0 Å². The van der Waals surface area contributed by atoms with Crippen molar-refractivity contribution in [3.63, 3.8) is 0 Å². The number of aromatic nitrogens is 3. The van der Waals surface area contributed by atoms with Crippen LogP contribution in [0.15, 0.2) is 15.5 Å². The number of hydrogen-bond donors (Lipinski definition) is 0. The molecule has 0 atom stereocenters. The van der Waals surface area contributed by atoms with Crippen LogP contribution in [0.25, 0.3) is 0 Å². The molecule has 0 unspecified atom stereocenters. The Morgan fingerprint density at radius 3 is 0.718 bits per heavy atom. The second-order valence-corrected chi connectivity index (χ2v) is 16.2. The summed E-state index contributed by atoms with van der Waals surface area (Å²) >= 11 is 5.29. The lowest BCUT2D eigenvalue weighted by atomic mass is 10.1. The van der Waals surface area contributed by atoms with Crippen molar-refractivity contribution in [3.05, 3.63) is 0 Å². The van der Waals surface area contributed by atoms with Crippen molar-refractivity contribution in [2.45, 2.75) is 98.6 Å². The fraction of sp³-hybridized carbons (Fsp3) is 0.900. The lowest BCUT2D eigenvalue weighted by molar-refractivity contribution is 0.254. The van der Waals surface area contributed by atoms with E-state index in [1.165, 1.54) is 0 Å². The van der Waals surface area contributed by atoms with E-state index in [2.05, 4.69) is 97.8 Å². The highest BCUT2D eigenvalue weighted by Crippen LogP contribution is 2.26. The molecule has 0 radical (unpaired) electrons. The third kappa shape index (κ3) is 18.9. The topological polar surface area (TPSA) is 48.4 Å². The summed E-state index contributed by atoms with van der Waals surface area (Å²) in [6, 6.07) is 0. The monoisotopic (exact) mass is 600 g/mol.